The Morgan fingerprint density at radius 3 is 2.89 bits per heavy atom. The molecule has 2 aromatic rings. The highest BCUT2D eigenvalue weighted by atomic mass is 35.5. The van der Waals surface area contributed by atoms with Gasteiger partial charge >= 0.3 is 0 Å². The molecule has 0 aliphatic heterocycles. The summed E-state index contributed by atoms with van der Waals surface area (Å²) in [5.41, 5.74) is 3.66. The predicted octanol–water partition coefficient (Wildman–Crippen LogP) is 2.11. The summed E-state index contributed by atoms with van der Waals surface area (Å²) in [6.45, 7) is 1.54. The molecule has 1 aromatic heterocycles. The maximum Gasteiger partial charge on any atom is 0.219 e. The third-order valence-corrected chi connectivity index (χ3v) is 3.41. The maximum atomic E-state index is 5.95. The van der Waals surface area contributed by atoms with Crippen molar-refractivity contribution in [3.63, 3.8) is 0 Å². The van der Waals surface area contributed by atoms with E-state index >= 15 is 0 Å². The first-order chi connectivity index (χ1) is 8.67. The average Bonchev–Trinajstić information content (AvgIpc) is 2.76. The largest absolute Gasteiger partial charge is 0.298 e. The third-order valence-electron chi connectivity index (χ3n) is 2.34. The van der Waals surface area contributed by atoms with Crippen molar-refractivity contribution in [3.8, 4) is 0 Å². The van der Waals surface area contributed by atoms with E-state index in [1.54, 1.807) is 0 Å². The zero-order chi connectivity index (χ0) is 13.0. The van der Waals surface area contributed by atoms with Crippen molar-refractivity contribution in [1.29, 1.82) is 0 Å². The summed E-state index contributed by atoms with van der Waals surface area (Å²) >= 11 is 7.40. The SMILES string of the molecule is CN(Cc1cccc(Cl)c1)Cc1nnc(NN)s1. The van der Waals surface area contributed by atoms with E-state index in [1.807, 2.05) is 25.2 Å². The van der Waals surface area contributed by atoms with Crippen molar-refractivity contribution in [1.82, 2.24) is 15.1 Å². The fourth-order valence-electron chi connectivity index (χ4n) is 1.61. The van der Waals surface area contributed by atoms with Crippen LogP contribution in [0.1, 0.15) is 10.6 Å². The number of nitrogen functional groups attached to an aromatic ring is 1. The Morgan fingerprint density at radius 2 is 2.22 bits per heavy atom. The van der Waals surface area contributed by atoms with Gasteiger partial charge in [-0.1, -0.05) is 35.1 Å². The molecule has 3 N–H and O–H groups in total. The minimum atomic E-state index is 0.626. The van der Waals surface area contributed by atoms with E-state index in [9.17, 15) is 0 Å². The van der Waals surface area contributed by atoms with Crippen LogP contribution in [0.2, 0.25) is 5.02 Å². The van der Waals surface area contributed by atoms with Crippen molar-refractivity contribution < 1.29 is 0 Å². The second-order valence-electron chi connectivity index (χ2n) is 3.95. The van der Waals surface area contributed by atoms with Crippen LogP contribution in [0.5, 0.6) is 0 Å². The van der Waals surface area contributed by atoms with Gasteiger partial charge < -0.3 is 0 Å². The Hall–Kier alpha value is -1.21. The van der Waals surface area contributed by atoms with E-state index in [2.05, 4.69) is 26.6 Å². The number of rotatable bonds is 5. The first-order valence-corrected chi connectivity index (χ1v) is 6.59. The molecule has 0 aliphatic carbocycles. The number of anilines is 1. The molecule has 0 unspecified atom stereocenters. The van der Waals surface area contributed by atoms with E-state index in [-0.39, 0.29) is 0 Å². The second-order valence-corrected chi connectivity index (χ2v) is 5.45. The lowest BCUT2D eigenvalue weighted by Gasteiger charge is -2.14. The van der Waals surface area contributed by atoms with Crippen LogP contribution >= 0.6 is 22.9 Å². The summed E-state index contributed by atoms with van der Waals surface area (Å²) in [7, 11) is 2.03. The van der Waals surface area contributed by atoms with E-state index in [0.29, 0.717) is 5.13 Å². The number of hydrazine groups is 1. The summed E-state index contributed by atoms with van der Waals surface area (Å²) in [4.78, 5) is 2.15. The van der Waals surface area contributed by atoms with Gasteiger partial charge in [-0.3, -0.25) is 10.3 Å². The lowest BCUT2D eigenvalue weighted by Crippen LogP contribution is -2.17. The Labute approximate surface area is 115 Å². The maximum absolute atomic E-state index is 5.95. The Kier molecular flexibility index (Phi) is 4.48. The molecule has 1 aromatic carbocycles. The van der Waals surface area contributed by atoms with E-state index in [1.165, 1.54) is 16.9 Å². The predicted molar refractivity (Wildman–Crippen MR) is 74.3 cm³/mol. The highest BCUT2D eigenvalue weighted by Gasteiger charge is 2.07. The summed E-state index contributed by atoms with van der Waals surface area (Å²) in [6.07, 6.45) is 0. The van der Waals surface area contributed by atoms with Gasteiger partial charge in [0.2, 0.25) is 5.13 Å². The van der Waals surface area contributed by atoms with Crippen LogP contribution in [0.25, 0.3) is 0 Å². The second kappa shape index (κ2) is 6.10. The Morgan fingerprint density at radius 1 is 1.39 bits per heavy atom. The van der Waals surface area contributed by atoms with Crippen LogP contribution in [0.4, 0.5) is 5.13 Å². The first kappa shape index (κ1) is 13.2. The summed E-state index contributed by atoms with van der Waals surface area (Å²) in [5, 5.41) is 10.2. The molecule has 18 heavy (non-hydrogen) atoms. The van der Waals surface area contributed by atoms with Crippen LogP contribution in [0, 0.1) is 0 Å². The third kappa shape index (κ3) is 3.64. The molecule has 2 rings (SSSR count). The Bertz CT molecular complexity index is 516. The summed E-state index contributed by atoms with van der Waals surface area (Å²) in [6, 6.07) is 7.84. The topological polar surface area (TPSA) is 67.1 Å². The van der Waals surface area contributed by atoms with Crippen LogP contribution in [0.15, 0.2) is 24.3 Å². The molecular formula is C11H14ClN5S. The monoisotopic (exact) mass is 283 g/mol. The number of hydrogen-bond acceptors (Lipinski definition) is 6. The normalized spacial score (nSPS) is 10.9. The van der Waals surface area contributed by atoms with Gasteiger partial charge in [0, 0.05) is 11.6 Å². The van der Waals surface area contributed by atoms with Crippen LogP contribution < -0.4 is 11.3 Å². The molecule has 7 heteroatoms. The molecule has 0 spiro atoms. The molecular weight excluding hydrogens is 270 g/mol. The number of aromatic nitrogens is 2. The molecule has 0 fully saturated rings. The van der Waals surface area contributed by atoms with E-state index in [4.69, 9.17) is 17.4 Å². The molecule has 0 amide bonds. The number of halogens is 1. The van der Waals surface area contributed by atoms with Gasteiger partial charge in [-0.25, -0.2) is 5.84 Å². The van der Waals surface area contributed by atoms with E-state index < -0.39 is 0 Å². The molecule has 5 nitrogen and oxygen atoms in total. The van der Waals surface area contributed by atoms with E-state index in [0.717, 1.165) is 23.1 Å². The average molecular weight is 284 g/mol. The standard InChI is InChI=1S/C11H14ClN5S/c1-17(6-8-3-2-4-9(12)5-8)7-10-15-16-11(14-13)18-10/h2-5H,6-7,13H2,1H3,(H,14,16). The fraction of sp³-hybridized carbons (Fsp3) is 0.273. The fourth-order valence-corrected chi connectivity index (χ4v) is 2.55. The van der Waals surface area contributed by atoms with Crippen LogP contribution in [-0.4, -0.2) is 22.1 Å². The number of nitrogens with zero attached hydrogens (tertiary/aromatic N) is 3. The van der Waals surface area contributed by atoms with Crippen molar-refractivity contribution in [2.75, 3.05) is 12.5 Å². The zero-order valence-corrected chi connectivity index (χ0v) is 11.5. The minimum Gasteiger partial charge on any atom is -0.298 e. The van der Waals surface area contributed by atoms with Gasteiger partial charge in [-0.15, -0.1) is 10.2 Å². The van der Waals surface area contributed by atoms with Gasteiger partial charge in [-0.05, 0) is 24.7 Å². The van der Waals surface area contributed by atoms with Crippen LogP contribution in [-0.2, 0) is 13.1 Å². The molecule has 0 aliphatic rings. The highest BCUT2D eigenvalue weighted by molar-refractivity contribution is 7.15. The lowest BCUT2D eigenvalue weighted by atomic mass is 10.2. The minimum absolute atomic E-state index is 0.626. The van der Waals surface area contributed by atoms with Crippen LogP contribution in [0.3, 0.4) is 0 Å². The molecule has 0 atom stereocenters. The smallest absolute Gasteiger partial charge is 0.219 e. The molecule has 0 bridgehead atoms. The molecule has 0 radical (unpaired) electrons. The molecule has 0 saturated heterocycles. The van der Waals surface area contributed by atoms with Gasteiger partial charge in [0.05, 0.1) is 6.54 Å². The van der Waals surface area contributed by atoms with Gasteiger partial charge in [0.1, 0.15) is 5.01 Å². The van der Waals surface area contributed by atoms with Crippen molar-refractivity contribution in [3.05, 3.63) is 39.9 Å². The molecule has 1 heterocycles. The zero-order valence-electron chi connectivity index (χ0n) is 9.93. The van der Waals surface area contributed by atoms with Gasteiger partial charge in [-0.2, -0.15) is 0 Å². The quantitative estimate of drug-likeness (QED) is 0.650. The van der Waals surface area contributed by atoms with Crippen molar-refractivity contribution in [2.45, 2.75) is 13.1 Å². The lowest BCUT2D eigenvalue weighted by molar-refractivity contribution is 0.317. The number of nitrogens with two attached hydrogens (primary N) is 1. The number of hydrogen-bond donors (Lipinski definition) is 2. The first-order valence-electron chi connectivity index (χ1n) is 5.39. The number of nitrogens with one attached hydrogen (secondary N) is 1. The highest BCUT2D eigenvalue weighted by Crippen LogP contribution is 2.17. The Balaban J connectivity index is 1.94. The van der Waals surface area contributed by atoms with Crippen molar-refractivity contribution in [2.24, 2.45) is 5.84 Å². The molecule has 96 valence electrons. The van der Waals surface area contributed by atoms with Gasteiger partial charge in [0.15, 0.2) is 0 Å². The summed E-state index contributed by atoms with van der Waals surface area (Å²) < 4.78 is 0. The summed E-state index contributed by atoms with van der Waals surface area (Å²) in [5.74, 6) is 5.26. The van der Waals surface area contributed by atoms with Crippen molar-refractivity contribution >= 4 is 28.1 Å². The van der Waals surface area contributed by atoms with Gasteiger partial charge in [0.25, 0.3) is 0 Å². The molecule has 0 saturated carbocycles. The number of benzene rings is 1.